The molecule has 1 heterocycles. The van der Waals surface area contributed by atoms with Crippen molar-refractivity contribution in [2.75, 3.05) is 44.0 Å². The number of rotatable bonds is 7. The van der Waals surface area contributed by atoms with Crippen LogP contribution < -0.4 is 15.0 Å². The number of ether oxygens (including phenoxy) is 1. The van der Waals surface area contributed by atoms with Gasteiger partial charge in [0.05, 0.1) is 6.61 Å². The first-order chi connectivity index (χ1) is 13.8. The third-order valence-corrected chi connectivity index (χ3v) is 6.73. The lowest BCUT2D eigenvalue weighted by molar-refractivity contribution is 0.102. The Balaban J connectivity index is 1.90. The highest BCUT2D eigenvalue weighted by Gasteiger charge is 2.30. The van der Waals surface area contributed by atoms with Gasteiger partial charge >= 0.3 is 0 Å². The summed E-state index contributed by atoms with van der Waals surface area (Å²) in [7, 11) is 0.121. The van der Waals surface area contributed by atoms with Gasteiger partial charge in [0.15, 0.2) is 0 Å². The van der Waals surface area contributed by atoms with E-state index in [-0.39, 0.29) is 10.8 Å². The van der Waals surface area contributed by atoms with Crippen molar-refractivity contribution in [3.05, 3.63) is 48.0 Å². The lowest BCUT2D eigenvalue weighted by Gasteiger charge is -2.19. The lowest BCUT2D eigenvalue weighted by atomic mass is 10.1. The summed E-state index contributed by atoms with van der Waals surface area (Å²) in [6.45, 7) is 3.16. The van der Waals surface area contributed by atoms with Crippen molar-refractivity contribution >= 4 is 27.3 Å². The standard InChI is InChI=1S/C21H27N3O4S/c1-4-28-19-11-10-17(15-20(19)29(26,27)24-12-5-6-13-24)22-21(25)16-8-7-9-18(14-16)23(2)3/h7-11,14-15H,4-6,12-13H2,1-3H3,(H,22,25). The molecule has 8 heteroatoms. The monoisotopic (exact) mass is 417 g/mol. The van der Waals surface area contributed by atoms with Crippen molar-refractivity contribution in [3.63, 3.8) is 0 Å². The van der Waals surface area contributed by atoms with Crippen LogP contribution in [0.2, 0.25) is 0 Å². The molecule has 2 aromatic rings. The van der Waals surface area contributed by atoms with Gasteiger partial charge in [0.1, 0.15) is 10.6 Å². The zero-order valence-corrected chi connectivity index (χ0v) is 17.8. The van der Waals surface area contributed by atoms with E-state index in [0.29, 0.717) is 36.7 Å². The zero-order chi connectivity index (χ0) is 21.0. The Hall–Kier alpha value is -2.58. The minimum Gasteiger partial charge on any atom is -0.492 e. The summed E-state index contributed by atoms with van der Waals surface area (Å²) in [4.78, 5) is 14.7. The molecule has 0 atom stereocenters. The Kier molecular flexibility index (Phi) is 6.44. The van der Waals surface area contributed by atoms with Crippen LogP contribution in [-0.4, -0.2) is 52.4 Å². The number of benzene rings is 2. The summed E-state index contributed by atoms with van der Waals surface area (Å²) in [6.07, 6.45) is 1.70. The van der Waals surface area contributed by atoms with E-state index in [9.17, 15) is 13.2 Å². The number of anilines is 2. The second kappa shape index (κ2) is 8.84. The Morgan fingerprint density at radius 2 is 1.86 bits per heavy atom. The third-order valence-electron chi connectivity index (χ3n) is 4.81. The molecular formula is C21H27N3O4S. The summed E-state index contributed by atoms with van der Waals surface area (Å²) in [5.74, 6) is -0.00520. The van der Waals surface area contributed by atoms with Gasteiger partial charge in [0.25, 0.3) is 5.91 Å². The topological polar surface area (TPSA) is 79.0 Å². The van der Waals surface area contributed by atoms with Crippen LogP contribution in [0, 0.1) is 0 Å². The van der Waals surface area contributed by atoms with E-state index in [1.807, 2.05) is 31.1 Å². The van der Waals surface area contributed by atoms with Gasteiger partial charge in [0.2, 0.25) is 10.0 Å². The van der Waals surface area contributed by atoms with Gasteiger partial charge in [-0.3, -0.25) is 4.79 Å². The van der Waals surface area contributed by atoms with E-state index >= 15 is 0 Å². The molecule has 0 unspecified atom stereocenters. The predicted molar refractivity (Wildman–Crippen MR) is 114 cm³/mol. The van der Waals surface area contributed by atoms with Crippen LogP contribution >= 0.6 is 0 Å². The van der Waals surface area contributed by atoms with E-state index in [1.54, 1.807) is 31.2 Å². The first kappa shape index (κ1) is 21.1. The highest BCUT2D eigenvalue weighted by Crippen LogP contribution is 2.32. The van der Waals surface area contributed by atoms with Crippen molar-refractivity contribution in [2.24, 2.45) is 0 Å². The largest absolute Gasteiger partial charge is 0.492 e. The quantitative estimate of drug-likeness (QED) is 0.749. The molecule has 0 saturated carbocycles. The second-order valence-corrected chi connectivity index (χ2v) is 9.01. The first-order valence-electron chi connectivity index (χ1n) is 9.68. The van der Waals surface area contributed by atoms with E-state index < -0.39 is 10.0 Å². The maximum Gasteiger partial charge on any atom is 0.255 e. The summed E-state index contributed by atoms with van der Waals surface area (Å²) in [6, 6.07) is 12.0. The Morgan fingerprint density at radius 3 is 2.52 bits per heavy atom. The van der Waals surface area contributed by atoms with Gasteiger partial charge in [-0.15, -0.1) is 0 Å². The number of nitrogens with zero attached hydrogens (tertiary/aromatic N) is 2. The fourth-order valence-electron chi connectivity index (χ4n) is 3.26. The van der Waals surface area contributed by atoms with Gasteiger partial charge in [-0.1, -0.05) is 6.07 Å². The molecule has 1 saturated heterocycles. The zero-order valence-electron chi connectivity index (χ0n) is 17.0. The van der Waals surface area contributed by atoms with Crippen LogP contribution in [0.4, 0.5) is 11.4 Å². The normalized spacial score (nSPS) is 14.6. The van der Waals surface area contributed by atoms with Crippen molar-refractivity contribution in [1.29, 1.82) is 0 Å². The van der Waals surface area contributed by atoms with Gasteiger partial charge in [0, 0.05) is 44.1 Å². The van der Waals surface area contributed by atoms with E-state index in [2.05, 4.69) is 5.32 Å². The predicted octanol–water partition coefficient (Wildman–Crippen LogP) is 3.19. The van der Waals surface area contributed by atoms with E-state index in [0.717, 1.165) is 18.5 Å². The second-order valence-electron chi connectivity index (χ2n) is 7.10. The average Bonchev–Trinajstić information content (AvgIpc) is 3.25. The van der Waals surface area contributed by atoms with Crippen LogP contribution in [0.15, 0.2) is 47.4 Å². The maximum atomic E-state index is 13.1. The number of nitrogens with one attached hydrogen (secondary N) is 1. The Morgan fingerprint density at radius 1 is 1.14 bits per heavy atom. The van der Waals surface area contributed by atoms with Gasteiger partial charge in [-0.05, 0) is 56.2 Å². The molecule has 1 fully saturated rings. The first-order valence-corrected chi connectivity index (χ1v) is 11.1. The average molecular weight is 418 g/mol. The molecule has 0 aromatic heterocycles. The van der Waals surface area contributed by atoms with Crippen LogP contribution in [0.5, 0.6) is 5.75 Å². The fourth-order valence-corrected chi connectivity index (χ4v) is 4.93. The number of sulfonamides is 1. The van der Waals surface area contributed by atoms with Crippen LogP contribution in [0.3, 0.4) is 0 Å². The van der Waals surface area contributed by atoms with E-state index in [1.165, 1.54) is 10.4 Å². The molecule has 29 heavy (non-hydrogen) atoms. The Labute approximate surface area is 172 Å². The van der Waals surface area contributed by atoms with Crippen LogP contribution in [0.1, 0.15) is 30.1 Å². The molecule has 1 N–H and O–H groups in total. The van der Waals surface area contributed by atoms with Crippen molar-refractivity contribution in [1.82, 2.24) is 4.31 Å². The van der Waals surface area contributed by atoms with Crippen LogP contribution in [0.25, 0.3) is 0 Å². The number of carbonyl (C=O) groups is 1. The number of hydrogen-bond donors (Lipinski definition) is 1. The molecular weight excluding hydrogens is 390 g/mol. The highest BCUT2D eigenvalue weighted by molar-refractivity contribution is 7.89. The number of carbonyl (C=O) groups excluding carboxylic acids is 1. The van der Waals surface area contributed by atoms with Crippen LogP contribution in [-0.2, 0) is 10.0 Å². The van der Waals surface area contributed by atoms with E-state index in [4.69, 9.17) is 4.74 Å². The summed E-state index contributed by atoms with van der Waals surface area (Å²) in [5, 5.41) is 2.80. The molecule has 0 aliphatic carbocycles. The summed E-state index contributed by atoms with van der Waals surface area (Å²) in [5.41, 5.74) is 1.81. The molecule has 0 bridgehead atoms. The van der Waals surface area contributed by atoms with Crippen molar-refractivity contribution in [2.45, 2.75) is 24.7 Å². The molecule has 0 radical (unpaired) electrons. The molecule has 7 nitrogen and oxygen atoms in total. The summed E-state index contributed by atoms with van der Waals surface area (Å²) >= 11 is 0. The highest BCUT2D eigenvalue weighted by atomic mass is 32.2. The maximum absolute atomic E-state index is 13.1. The smallest absolute Gasteiger partial charge is 0.255 e. The van der Waals surface area contributed by atoms with Gasteiger partial charge in [-0.2, -0.15) is 4.31 Å². The van der Waals surface area contributed by atoms with Crippen molar-refractivity contribution in [3.8, 4) is 5.75 Å². The molecule has 156 valence electrons. The lowest BCUT2D eigenvalue weighted by Crippen LogP contribution is -2.28. The SMILES string of the molecule is CCOc1ccc(NC(=O)c2cccc(N(C)C)c2)cc1S(=O)(=O)N1CCCC1. The van der Waals surface area contributed by atoms with Gasteiger partial charge < -0.3 is 15.0 Å². The number of amides is 1. The molecule has 2 aromatic carbocycles. The molecule has 1 aliphatic heterocycles. The number of hydrogen-bond acceptors (Lipinski definition) is 5. The molecule has 3 rings (SSSR count). The third kappa shape index (κ3) is 4.71. The van der Waals surface area contributed by atoms with Gasteiger partial charge in [-0.25, -0.2) is 8.42 Å². The fraction of sp³-hybridized carbons (Fsp3) is 0.381. The molecule has 1 amide bonds. The minimum absolute atomic E-state index is 0.0843. The Bertz CT molecular complexity index is 983. The van der Waals surface area contributed by atoms with Crippen molar-refractivity contribution < 1.29 is 17.9 Å². The minimum atomic E-state index is -3.68. The molecule has 1 aliphatic rings. The molecule has 0 spiro atoms. The summed E-state index contributed by atoms with van der Waals surface area (Å²) < 4.78 is 33.2.